The lowest BCUT2D eigenvalue weighted by Crippen LogP contribution is -2.31. The van der Waals surface area contributed by atoms with Gasteiger partial charge in [-0.3, -0.25) is 9.59 Å². The molecule has 0 bridgehead atoms. The molecule has 2 aliphatic rings. The molecule has 7 rings (SSSR count). The highest BCUT2D eigenvalue weighted by Gasteiger charge is 2.38. The maximum atomic E-state index is 14.2. The van der Waals surface area contributed by atoms with Gasteiger partial charge >= 0.3 is 6.09 Å². The van der Waals surface area contributed by atoms with Gasteiger partial charge in [0.05, 0.1) is 21.1 Å². The van der Waals surface area contributed by atoms with Crippen molar-refractivity contribution >= 4 is 85.4 Å². The second kappa shape index (κ2) is 13.8. The number of hydrogen-bond acceptors (Lipinski definition) is 9. The van der Waals surface area contributed by atoms with Gasteiger partial charge in [-0.15, -0.1) is 34.5 Å². The van der Waals surface area contributed by atoms with Crippen LogP contribution in [0, 0.1) is 0 Å². The summed E-state index contributed by atoms with van der Waals surface area (Å²) >= 11 is 13.9. The fourth-order valence-corrected chi connectivity index (χ4v) is 8.21. The summed E-state index contributed by atoms with van der Waals surface area (Å²) in [5.74, 6) is 0.121. The molecule has 4 aromatic carbocycles. The Hall–Kier alpha value is -4.43. The van der Waals surface area contributed by atoms with Crippen LogP contribution in [0.15, 0.2) is 72.8 Å². The molecule has 0 aliphatic carbocycles. The van der Waals surface area contributed by atoms with Gasteiger partial charge in [-0.2, -0.15) is 0 Å². The lowest BCUT2D eigenvalue weighted by molar-refractivity contribution is -0.438. The molecule has 0 spiro atoms. The van der Waals surface area contributed by atoms with E-state index in [2.05, 4.69) is 10.4 Å². The molecule has 49 heavy (non-hydrogen) atoms. The number of amides is 3. The number of nitrogens with one attached hydrogen (secondary N) is 1. The standard InChI is InChI=1S/C35H30Cl2N4O7S/c36-15-19-17-40(25-13-27(46-35(44)39-12-11-38)21-5-1-3-7-23(21)31(19)25)33(42)29-9-10-30(49-29)34(43)41-18-20(16-37)32-24-8-4-2-6-22(24)28(47-48-45)14-26(32)41/h1-10,13-14,19-20,45H,11-12,15-18,38H2,(H,39,44)/t19-,20-/m1/s1. The SMILES string of the molecule is NCCNC(=O)Oc1cc2c(c3ccccc13)[C@H](CCl)CN2C(=O)c1ccc(C(=O)N2C[C@@H](CCl)c3c2cc(OOO)c2ccccc32)s1. The molecule has 2 aliphatic heterocycles. The Morgan fingerprint density at radius 3 is 1.78 bits per heavy atom. The lowest BCUT2D eigenvalue weighted by atomic mass is 9.95. The molecule has 0 saturated heterocycles. The first kappa shape index (κ1) is 33.1. The molecule has 5 aromatic rings. The first-order chi connectivity index (χ1) is 23.9. The van der Waals surface area contributed by atoms with E-state index in [9.17, 15) is 14.4 Å². The highest BCUT2D eigenvalue weighted by Crippen LogP contribution is 2.48. The number of halogens is 2. The molecule has 252 valence electrons. The first-order valence-corrected chi connectivity index (χ1v) is 17.4. The Balaban J connectivity index is 1.22. The molecule has 14 heteroatoms. The van der Waals surface area contributed by atoms with Gasteiger partial charge in [-0.1, -0.05) is 48.5 Å². The van der Waals surface area contributed by atoms with Gasteiger partial charge in [-0.25, -0.2) is 10.1 Å². The maximum Gasteiger partial charge on any atom is 0.412 e. The number of nitrogens with two attached hydrogens (primary N) is 1. The molecule has 3 amide bonds. The third kappa shape index (κ3) is 5.84. The minimum atomic E-state index is -0.655. The van der Waals surface area contributed by atoms with Crippen LogP contribution in [0.4, 0.5) is 16.2 Å². The van der Waals surface area contributed by atoms with E-state index < -0.39 is 6.09 Å². The summed E-state index contributed by atoms with van der Waals surface area (Å²) in [6, 6.07) is 21.6. The van der Waals surface area contributed by atoms with Gasteiger partial charge in [-0.05, 0) is 39.1 Å². The van der Waals surface area contributed by atoms with E-state index >= 15 is 0 Å². The monoisotopic (exact) mass is 720 g/mol. The van der Waals surface area contributed by atoms with Crippen molar-refractivity contribution in [1.82, 2.24) is 5.32 Å². The van der Waals surface area contributed by atoms with Crippen LogP contribution in [0.5, 0.6) is 11.5 Å². The van der Waals surface area contributed by atoms with Crippen LogP contribution < -0.4 is 30.5 Å². The number of benzene rings is 4. The molecule has 0 fully saturated rings. The zero-order chi connectivity index (χ0) is 34.2. The van der Waals surface area contributed by atoms with Gasteiger partial charge < -0.3 is 30.5 Å². The highest BCUT2D eigenvalue weighted by atomic mass is 35.5. The van der Waals surface area contributed by atoms with Crippen molar-refractivity contribution in [1.29, 1.82) is 0 Å². The number of rotatable bonds is 9. The fraction of sp³-hybridized carbons (Fsp3) is 0.229. The summed E-state index contributed by atoms with van der Waals surface area (Å²) in [4.78, 5) is 49.7. The van der Waals surface area contributed by atoms with Crippen LogP contribution in [-0.2, 0) is 5.04 Å². The van der Waals surface area contributed by atoms with E-state index in [0.29, 0.717) is 50.7 Å². The third-order valence-corrected chi connectivity index (χ3v) is 10.7. The number of ether oxygens (including phenoxy) is 1. The molecule has 0 radical (unpaired) electrons. The predicted molar refractivity (Wildman–Crippen MR) is 190 cm³/mol. The summed E-state index contributed by atoms with van der Waals surface area (Å²) in [5, 5.41) is 18.7. The van der Waals surface area contributed by atoms with E-state index in [1.807, 2.05) is 48.5 Å². The largest absolute Gasteiger partial charge is 0.412 e. The van der Waals surface area contributed by atoms with Crippen LogP contribution in [0.2, 0.25) is 0 Å². The van der Waals surface area contributed by atoms with Gasteiger partial charge in [0, 0.05) is 72.7 Å². The number of carbonyl (C=O) groups is 3. The first-order valence-electron chi connectivity index (χ1n) is 15.5. The second-order valence-electron chi connectivity index (χ2n) is 11.7. The van der Waals surface area contributed by atoms with Crippen molar-refractivity contribution in [2.45, 2.75) is 11.8 Å². The Kier molecular flexibility index (Phi) is 9.34. The van der Waals surface area contributed by atoms with Crippen LogP contribution in [0.3, 0.4) is 0 Å². The number of alkyl halides is 2. The Morgan fingerprint density at radius 1 is 0.796 bits per heavy atom. The molecule has 0 unspecified atom stereocenters. The van der Waals surface area contributed by atoms with Crippen molar-refractivity contribution < 1.29 is 34.3 Å². The number of anilines is 2. The van der Waals surface area contributed by atoms with Crippen LogP contribution in [0.1, 0.15) is 42.3 Å². The lowest BCUT2D eigenvalue weighted by Gasteiger charge is -2.19. The average molecular weight is 722 g/mol. The minimum Gasteiger partial charge on any atom is -0.410 e. The van der Waals surface area contributed by atoms with Crippen molar-refractivity contribution in [2.75, 3.05) is 47.7 Å². The van der Waals surface area contributed by atoms with Crippen molar-refractivity contribution in [2.24, 2.45) is 5.73 Å². The predicted octanol–water partition coefficient (Wildman–Crippen LogP) is 6.85. The normalized spacial score (nSPS) is 16.6. The van der Waals surface area contributed by atoms with Crippen molar-refractivity contribution in [3.8, 4) is 11.5 Å². The molecule has 2 atom stereocenters. The van der Waals surface area contributed by atoms with Gasteiger partial charge in [0.1, 0.15) is 5.75 Å². The molecule has 11 nitrogen and oxygen atoms in total. The minimum absolute atomic E-state index is 0.159. The summed E-state index contributed by atoms with van der Waals surface area (Å²) in [6.45, 7) is 1.13. The average Bonchev–Trinajstić information content (AvgIpc) is 3.86. The number of nitrogens with zero attached hydrogens (tertiary/aromatic N) is 2. The van der Waals surface area contributed by atoms with E-state index in [4.69, 9.17) is 43.8 Å². The van der Waals surface area contributed by atoms with Gasteiger partial charge in [0.2, 0.25) is 0 Å². The molecular formula is C35H30Cl2N4O7S. The van der Waals surface area contributed by atoms with Gasteiger partial charge in [0.15, 0.2) is 5.75 Å². The van der Waals surface area contributed by atoms with E-state index in [1.54, 1.807) is 34.1 Å². The highest BCUT2D eigenvalue weighted by molar-refractivity contribution is 7.16. The number of hydrogen-bond donors (Lipinski definition) is 3. The molecular weight excluding hydrogens is 691 g/mol. The second-order valence-corrected chi connectivity index (χ2v) is 13.4. The summed E-state index contributed by atoms with van der Waals surface area (Å²) in [5.41, 5.74) is 8.47. The van der Waals surface area contributed by atoms with E-state index in [1.165, 1.54) is 0 Å². The quantitative estimate of drug-likeness (QED) is 0.0852. The topological polar surface area (TPSA) is 144 Å². The summed E-state index contributed by atoms with van der Waals surface area (Å²) in [7, 11) is 0. The third-order valence-electron chi connectivity index (χ3n) is 8.89. The van der Waals surface area contributed by atoms with E-state index in [-0.39, 0.29) is 54.2 Å². The number of thiophene rings is 1. The van der Waals surface area contributed by atoms with E-state index in [0.717, 1.165) is 33.2 Å². The van der Waals surface area contributed by atoms with Crippen molar-refractivity contribution in [3.63, 3.8) is 0 Å². The molecule has 3 heterocycles. The maximum absolute atomic E-state index is 14.2. The summed E-state index contributed by atoms with van der Waals surface area (Å²) in [6.07, 6.45) is -0.655. The number of carbonyl (C=O) groups excluding carboxylic acids is 3. The zero-order valence-electron chi connectivity index (χ0n) is 25.9. The fourth-order valence-electron chi connectivity index (χ4n) is 6.80. The van der Waals surface area contributed by atoms with Crippen LogP contribution in [0.25, 0.3) is 21.5 Å². The van der Waals surface area contributed by atoms with Crippen LogP contribution in [-0.4, -0.2) is 61.1 Å². The Bertz CT molecular complexity index is 2110. The smallest absolute Gasteiger partial charge is 0.410 e. The number of fused-ring (bicyclic) bond motifs is 6. The zero-order valence-corrected chi connectivity index (χ0v) is 28.2. The molecule has 4 N–H and O–H groups in total. The van der Waals surface area contributed by atoms with Crippen LogP contribution >= 0.6 is 34.5 Å². The summed E-state index contributed by atoms with van der Waals surface area (Å²) < 4.78 is 5.68. The van der Waals surface area contributed by atoms with Crippen molar-refractivity contribution in [3.05, 3.63) is 93.7 Å². The Labute approximate surface area is 294 Å². The Morgan fingerprint density at radius 2 is 1.29 bits per heavy atom. The van der Waals surface area contributed by atoms with Gasteiger partial charge in [0.25, 0.3) is 11.8 Å². The molecule has 1 aromatic heterocycles. The molecule has 0 saturated carbocycles.